The molecule has 2 N–H and O–H groups in total. The molecule has 0 radical (unpaired) electrons. The summed E-state index contributed by atoms with van der Waals surface area (Å²) in [7, 11) is 0. The maximum Gasteiger partial charge on any atom is 0.256 e. The van der Waals surface area contributed by atoms with Crippen LogP contribution in [0.25, 0.3) is 22.3 Å². The summed E-state index contributed by atoms with van der Waals surface area (Å²) in [4.78, 5) is 26.1. The van der Waals surface area contributed by atoms with E-state index in [4.69, 9.17) is 0 Å². The predicted molar refractivity (Wildman–Crippen MR) is 154 cm³/mol. The van der Waals surface area contributed by atoms with Gasteiger partial charge in [0.05, 0.1) is 0 Å². The van der Waals surface area contributed by atoms with Crippen LogP contribution in [0.1, 0.15) is 31.8 Å². The zero-order valence-electron chi connectivity index (χ0n) is 21.1. The number of carbonyl (C=O) groups is 2. The van der Waals surface area contributed by atoms with Gasteiger partial charge in [0.2, 0.25) is 0 Å². The molecule has 0 fully saturated rings. The topological polar surface area (TPSA) is 58.2 Å². The first kappa shape index (κ1) is 24.7. The first-order valence-electron chi connectivity index (χ1n) is 12.6. The standard InChI is InChI=1S/C34H28N2O2/c1-24-10-8-17-31(32(24)28-13-6-3-7-14-28)34(38)36-30-16-9-15-29(22-30)33(37)35-23-25-18-20-27(21-19-25)26-11-4-2-5-12-26/h2-22H,23H2,1H3,(H,35,37)(H,36,38). The highest BCUT2D eigenvalue weighted by atomic mass is 16.2. The number of rotatable bonds is 7. The molecule has 0 aromatic heterocycles. The average molecular weight is 497 g/mol. The zero-order valence-corrected chi connectivity index (χ0v) is 21.1. The Morgan fingerprint density at radius 1 is 0.605 bits per heavy atom. The SMILES string of the molecule is Cc1cccc(C(=O)Nc2cccc(C(=O)NCc3ccc(-c4ccccc4)cc3)c2)c1-c1ccccc1. The highest BCUT2D eigenvalue weighted by Crippen LogP contribution is 2.28. The smallest absolute Gasteiger partial charge is 0.256 e. The highest BCUT2D eigenvalue weighted by Gasteiger charge is 2.16. The Morgan fingerprint density at radius 2 is 1.24 bits per heavy atom. The van der Waals surface area contributed by atoms with Crippen molar-refractivity contribution < 1.29 is 9.59 Å². The Morgan fingerprint density at radius 3 is 1.95 bits per heavy atom. The van der Waals surface area contributed by atoms with Crippen LogP contribution in [0.15, 0.2) is 127 Å². The molecular weight excluding hydrogens is 468 g/mol. The normalized spacial score (nSPS) is 10.6. The lowest BCUT2D eigenvalue weighted by Gasteiger charge is -2.14. The second kappa shape index (κ2) is 11.4. The Hall–Kier alpha value is -4.96. The molecule has 5 aromatic carbocycles. The molecule has 4 nitrogen and oxygen atoms in total. The van der Waals surface area contributed by atoms with E-state index < -0.39 is 0 Å². The predicted octanol–water partition coefficient (Wildman–Crippen LogP) is 7.51. The van der Waals surface area contributed by atoms with Crippen LogP contribution in [0, 0.1) is 6.92 Å². The largest absolute Gasteiger partial charge is 0.348 e. The van der Waals surface area contributed by atoms with E-state index in [0.717, 1.165) is 33.4 Å². The van der Waals surface area contributed by atoms with Crippen LogP contribution >= 0.6 is 0 Å². The summed E-state index contributed by atoms with van der Waals surface area (Å²) in [5, 5.41) is 5.94. The minimum absolute atomic E-state index is 0.200. The van der Waals surface area contributed by atoms with Crippen molar-refractivity contribution in [3.8, 4) is 22.3 Å². The third-order valence-electron chi connectivity index (χ3n) is 6.48. The minimum atomic E-state index is -0.219. The maximum absolute atomic E-state index is 13.3. The van der Waals surface area contributed by atoms with Crippen molar-refractivity contribution in [2.24, 2.45) is 0 Å². The lowest BCUT2D eigenvalue weighted by molar-refractivity contribution is 0.0949. The summed E-state index contributed by atoms with van der Waals surface area (Å²) in [6.45, 7) is 2.41. The van der Waals surface area contributed by atoms with E-state index >= 15 is 0 Å². The first-order valence-corrected chi connectivity index (χ1v) is 12.6. The van der Waals surface area contributed by atoms with Crippen molar-refractivity contribution in [3.05, 3.63) is 150 Å². The number of amides is 2. The summed E-state index contributed by atoms with van der Waals surface area (Å²) in [6.07, 6.45) is 0. The average Bonchev–Trinajstić information content (AvgIpc) is 2.97. The van der Waals surface area contributed by atoms with E-state index in [1.54, 1.807) is 24.3 Å². The van der Waals surface area contributed by atoms with Gasteiger partial charge in [-0.2, -0.15) is 0 Å². The van der Waals surface area contributed by atoms with E-state index in [9.17, 15) is 9.59 Å². The van der Waals surface area contributed by atoms with Gasteiger partial charge in [-0.15, -0.1) is 0 Å². The van der Waals surface area contributed by atoms with Crippen LogP contribution < -0.4 is 10.6 Å². The maximum atomic E-state index is 13.3. The van der Waals surface area contributed by atoms with Crippen LogP contribution in [0.5, 0.6) is 0 Å². The number of anilines is 1. The molecule has 0 spiro atoms. The molecule has 0 aliphatic heterocycles. The molecule has 0 aliphatic rings. The Balaban J connectivity index is 1.26. The Bertz CT molecular complexity index is 1560. The third kappa shape index (κ3) is 5.71. The van der Waals surface area contributed by atoms with Gasteiger partial charge >= 0.3 is 0 Å². The van der Waals surface area contributed by atoms with Crippen molar-refractivity contribution in [1.29, 1.82) is 0 Å². The highest BCUT2D eigenvalue weighted by molar-refractivity contribution is 6.09. The Labute approximate surface area is 223 Å². The van der Waals surface area contributed by atoms with Gasteiger partial charge in [-0.3, -0.25) is 9.59 Å². The van der Waals surface area contributed by atoms with Gasteiger partial charge in [-0.25, -0.2) is 0 Å². The fourth-order valence-corrected chi connectivity index (χ4v) is 4.51. The number of benzene rings is 5. The van der Waals surface area contributed by atoms with Crippen molar-refractivity contribution >= 4 is 17.5 Å². The molecule has 0 aliphatic carbocycles. The number of carbonyl (C=O) groups excluding carboxylic acids is 2. The summed E-state index contributed by atoms with van der Waals surface area (Å²) in [5.74, 6) is -0.419. The monoisotopic (exact) mass is 496 g/mol. The van der Waals surface area contributed by atoms with Gasteiger partial charge in [-0.05, 0) is 64.6 Å². The van der Waals surface area contributed by atoms with Crippen molar-refractivity contribution in [2.75, 3.05) is 5.32 Å². The number of hydrogen-bond donors (Lipinski definition) is 2. The summed E-state index contributed by atoms with van der Waals surface area (Å²) in [6, 6.07) is 40.9. The van der Waals surface area contributed by atoms with Gasteiger partial charge in [-0.1, -0.05) is 103 Å². The zero-order chi connectivity index (χ0) is 26.3. The van der Waals surface area contributed by atoms with Gasteiger partial charge in [0.25, 0.3) is 11.8 Å². The van der Waals surface area contributed by atoms with Crippen molar-refractivity contribution in [1.82, 2.24) is 5.32 Å². The number of hydrogen-bond acceptors (Lipinski definition) is 2. The molecular formula is C34H28N2O2. The summed E-state index contributed by atoms with van der Waals surface area (Å²) >= 11 is 0. The molecule has 0 saturated carbocycles. The molecule has 186 valence electrons. The third-order valence-corrected chi connectivity index (χ3v) is 6.48. The Kier molecular flexibility index (Phi) is 7.42. The lowest BCUT2D eigenvalue weighted by Crippen LogP contribution is -2.23. The van der Waals surface area contributed by atoms with E-state index in [2.05, 4.69) is 34.9 Å². The van der Waals surface area contributed by atoms with Crippen LogP contribution in [-0.4, -0.2) is 11.8 Å². The molecule has 0 saturated heterocycles. The van der Waals surface area contributed by atoms with E-state index in [1.807, 2.05) is 85.8 Å². The van der Waals surface area contributed by atoms with Crippen LogP contribution in [0.3, 0.4) is 0 Å². The molecule has 0 heterocycles. The number of aryl methyl sites for hydroxylation is 1. The van der Waals surface area contributed by atoms with Gasteiger partial charge in [0.15, 0.2) is 0 Å². The van der Waals surface area contributed by atoms with E-state index in [-0.39, 0.29) is 11.8 Å². The second-order valence-electron chi connectivity index (χ2n) is 9.14. The van der Waals surface area contributed by atoms with Crippen molar-refractivity contribution in [2.45, 2.75) is 13.5 Å². The molecule has 5 rings (SSSR count). The van der Waals surface area contributed by atoms with Crippen LogP contribution in [0.2, 0.25) is 0 Å². The lowest BCUT2D eigenvalue weighted by atomic mass is 9.94. The fourth-order valence-electron chi connectivity index (χ4n) is 4.51. The fraction of sp³-hybridized carbons (Fsp3) is 0.0588. The van der Waals surface area contributed by atoms with Crippen LogP contribution in [-0.2, 0) is 6.54 Å². The van der Waals surface area contributed by atoms with Gasteiger partial charge in [0, 0.05) is 23.4 Å². The second-order valence-corrected chi connectivity index (χ2v) is 9.14. The molecule has 5 aromatic rings. The molecule has 38 heavy (non-hydrogen) atoms. The minimum Gasteiger partial charge on any atom is -0.348 e. The molecule has 4 heteroatoms. The van der Waals surface area contributed by atoms with E-state index in [0.29, 0.717) is 23.4 Å². The first-order chi connectivity index (χ1) is 18.6. The quantitative estimate of drug-likeness (QED) is 0.245. The van der Waals surface area contributed by atoms with Gasteiger partial charge < -0.3 is 10.6 Å². The molecule has 2 amide bonds. The molecule has 0 atom stereocenters. The van der Waals surface area contributed by atoms with Gasteiger partial charge in [0.1, 0.15) is 0 Å². The number of nitrogens with one attached hydrogen (secondary N) is 2. The summed E-state index contributed by atoms with van der Waals surface area (Å²) in [5.41, 5.74) is 7.84. The summed E-state index contributed by atoms with van der Waals surface area (Å²) < 4.78 is 0. The van der Waals surface area contributed by atoms with Crippen molar-refractivity contribution in [3.63, 3.8) is 0 Å². The molecule has 0 bridgehead atoms. The van der Waals surface area contributed by atoms with E-state index in [1.165, 1.54) is 0 Å². The van der Waals surface area contributed by atoms with Crippen LogP contribution in [0.4, 0.5) is 5.69 Å². The molecule has 0 unspecified atom stereocenters.